The zero-order valence-electron chi connectivity index (χ0n) is 9.22. The minimum absolute atomic E-state index is 0.0572. The molecule has 0 radical (unpaired) electrons. The van der Waals surface area contributed by atoms with Gasteiger partial charge in [0.1, 0.15) is 10.0 Å². The first-order chi connectivity index (χ1) is 8.88. The molecule has 6 nitrogen and oxygen atoms in total. The molecular formula is C10H7BrClN3O3S. The van der Waals surface area contributed by atoms with Crippen molar-refractivity contribution < 1.29 is 8.42 Å². The van der Waals surface area contributed by atoms with Gasteiger partial charge in [-0.25, -0.2) is 13.4 Å². The maximum atomic E-state index is 12.0. The van der Waals surface area contributed by atoms with Gasteiger partial charge >= 0.3 is 0 Å². The van der Waals surface area contributed by atoms with Crippen molar-refractivity contribution in [2.24, 2.45) is 0 Å². The molecule has 0 fully saturated rings. The first-order valence-corrected chi connectivity index (χ1v) is 7.56. The lowest BCUT2D eigenvalue weighted by Gasteiger charge is -2.08. The molecule has 100 valence electrons. The van der Waals surface area contributed by atoms with Crippen LogP contribution >= 0.6 is 27.5 Å². The highest BCUT2D eigenvalue weighted by molar-refractivity contribution is 9.10. The standard InChI is InChI=1S/C10H7BrClN3O3S/c11-8-3-6(4-14-10(8)12)15-19(17,18)7-1-2-9(16)13-5-7/h1-5,15H,(H,13,16). The van der Waals surface area contributed by atoms with Gasteiger partial charge in [-0.2, -0.15) is 0 Å². The summed E-state index contributed by atoms with van der Waals surface area (Å²) in [6.45, 7) is 0. The highest BCUT2D eigenvalue weighted by Crippen LogP contribution is 2.24. The number of anilines is 1. The molecule has 2 heterocycles. The summed E-state index contributed by atoms with van der Waals surface area (Å²) >= 11 is 8.85. The first-order valence-electron chi connectivity index (χ1n) is 4.91. The van der Waals surface area contributed by atoms with E-state index >= 15 is 0 Å². The van der Waals surface area contributed by atoms with Crippen LogP contribution in [0.1, 0.15) is 0 Å². The SMILES string of the molecule is O=c1ccc(S(=O)(=O)Nc2cnc(Cl)c(Br)c2)c[nH]1. The molecule has 0 bridgehead atoms. The zero-order valence-corrected chi connectivity index (χ0v) is 12.4. The van der Waals surface area contributed by atoms with Gasteiger partial charge in [-0.15, -0.1) is 0 Å². The van der Waals surface area contributed by atoms with Crippen LogP contribution in [-0.2, 0) is 10.0 Å². The van der Waals surface area contributed by atoms with Crippen LogP contribution in [0.15, 0.2) is 44.8 Å². The number of nitrogens with one attached hydrogen (secondary N) is 2. The number of nitrogens with zero attached hydrogens (tertiary/aromatic N) is 1. The fourth-order valence-corrected chi connectivity index (χ4v) is 2.71. The van der Waals surface area contributed by atoms with E-state index < -0.39 is 10.0 Å². The Morgan fingerprint density at radius 1 is 1.37 bits per heavy atom. The minimum atomic E-state index is -3.78. The Morgan fingerprint density at radius 2 is 2.11 bits per heavy atom. The van der Waals surface area contributed by atoms with E-state index in [0.29, 0.717) is 4.47 Å². The molecule has 0 aliphatic carbocycles. The van der Waals surface area contributed by atoms with E-state index in [1.807, 2.05) is 0 Å². The van der Waals surface area contributed by atoms with Gasteiger partial charge in [0, 0.05) is 12.3 Å². The Bertz CT molecular complexity index is 755. The highest BCUT2D eigenvalue weighted by Gasteiger charge is 2.15. The molecule has 0 saturated carbocycles. The number of aromatic amines is 1. The van der Waals surface area contributed by atoms with Crippen LogP contribution in [-0.4, -0.2) is 18.4 Å². The summed E-state index contributed by atoms with van der Waals surface area (Å²) in [7, 11) is -3.78. The Hall–Kier alpha value is -1.38. The Balaban J connectivity index is 2.33. The van der Waals surface area contributed by atoms with Gasteiger partial charge in [0.15, 0.2) is 0 Å². The fraction of sp³-hybridized carbons (Fsp3) is 0. The average Bonchev–Trinajstić information content (AvgIpc) is 2.34. The Labute approximate surface area is 122 Å². The predicted molar refractivity (Wildman–Crippen MR) is 74.8 cm³/mol. The number of hydrogen-bond donors (Lipinski definition) is 2. The number of sulfonamides is 1. The van der Waals surface area contributed by atoms with E-state index in [2.05, 4.69) is 30.6 Å². The smallest absolute Gasteiger partial charge is 0.263 e. The zero-order chi connectivity index (χ0) is 14.0. The fourth-order valence-electron chi connectivity index (χ4n) is 1.25. The number of pyridine rings is 2. The van der Waals surface area contributed by atoms with Gasteiger partial charge < -0.3 is 4.98 Å². The summed E-state index contributed by atoms with van der Waals surface area (Å²) in [5.41, 5.74) is -0.127. The molecule has 0 aromatic carbocycles. The van der Waals surface area contributed by atoms with Crippen molar-refractivity contribution in [1.29, 1.82) is 0 Å². The van der Waals surface area contributed by atoms with Gasteiger partial charge in [0.2, 0.25) is 5.56 Å². The quantitative estimate of drug-likeness (QED) is 0.815. The summed E-state index contributed by atoms with van der Waals surface area (Å²) in [6, 6.07) is 3.82. The van der Waals surface area contributed by atoms with Gasteiger partial charge in [-0.05, 0) is 28.1 Å². The third kappa shape index (κ3) is 3.34. The Morgan fingerprint density at radius 3 is 2.68 bits per heavy atom. The van der Waals surface area contributed by atoms with E-state index in [1.165, 1.54) is 18.3 Å². The van der Waals surface area contributed by atoms with Crippen molar-refractivity contribution in [3.8, 4) is 0 Å². The molecule has 2 N–H and O–H groups in total. The largest absolute Gasteiger partial charge is 0.328 e. The second-order valence-electron chi connectivity index (χ2n) is 3.49. The third-order valence-corrected chi connectivity index (χ3v) is 4.63. The van der Waals surface area contributed by atoms with Crippen LogP contribution in [0.4, 0.5) is 5.69 Å². The van der Waals surface area contributed by atoms with E-state index in [-0.39, 0.29) is 21.3 Å². The average molecular weight is 365 g/mol. The molecule has 0 unspecified atom stereocenters. The van der Waals surface area contributed by atoms with Crippen molar-refractivity contribution in [1.82, 2.24) is 9.97 Å². The predicted octanol–water partition coefficient (Wildman–Crippen LogP) is 1.99. The van der Waals surface area contributed by atoms with E-state index in [4.69, 9.17) is 11.6 Å². The highest BCUT2D eigenvalue weighted by atomic mass is 79.9. The number of hydrogen-bond acceptors (Lipinski definition) is 4. The maximum Gasteiger partial charge on any atom is 0.263 e. The van der Waals surface area contributed by atoms with Crippen LogP contribution in [0, 0.1) is 0 Å². The van der Waals surface area contributed by atoms with E-state index in [0.717, 1.165) is 12.3 Å². The molecule has 0 aliphatic heterocycles. The van der Waals surface area contributed by atoms with Crippen LogP contribution in [0.2, 0.25) is 5.15 Å². The summed E-state index contributed by atoms with van der Waals surface area (Å²) in [5, 5.41) is 0.229. The topological polar surface area (TPSA) is 91.9 Å². The van der Waals surface area contributed by atoms with E-state index in [1.54, 1.807) is 0 Å². The molecular weight excluding hydrogens is 358 g/mol. The summed E-state index contributed by atoms with van der Waals surface area (Å²) in [5.74, 6) is 0. The molecule has 2 rings (SSSR count). The number of H-pyrrole nitrogens is 1. The normalized spacial score (nSPS) is 11.3. The van der Waals surface area contributed by atoms with Crippen LogP contribution in [0.3, 0.4) is 0 Å². The monoisotopic (exact) mass is 363 g/mol. The molecule has 2 aromatic heterocycles. The van der Waals surface area contributed by atoms with Gasteiger partial charge in [-0.3, -0.25) is 9.52 Å². The summed E-state index contributed by atoms with van der Waals surface area (Å²) in [6.07, 6.45) is 2.40. The van der Waals surface area contributed by atoms with Gasteiger partial charge in [0.05, 0.1) is 16.4 Å². The van der Waals surface area contributed by atoms with Crippen molar-refractivity contribution in [2.75, 3.05) is 4.72 Å². The van der Waals surface area contributed by atoms with Crippen LogP contribution < -0.4 is 10.3 Å². The lowest BCUT2D eigenvalue weighted by molar-refractivity contribution is 0.600. The van der Waals surface area contributed by atoms with Crippen LogP contribution in [0.25, 0.3) is 0 Å². The van der Waals surface area contributed by atoms with Gasteiger partial charge in [0.25, 0.3) is 10.0 Å². The lowest BCUT2D eigenvalue weighted by Crippen LogP contribution is -2.15. The number of rotatable bonds is 3. The third-order valence-electron chi connectivity index (χ3n) is 2.11. The molecule has 9 heteroatoms. The van der Waals surface area contributed by atoms with Crippen molar-refractivity contribution in [3.63, 3.8) is 0 Å². The number of halogens is 2. The molecule has 0 saturated heterocycles. The molecule has 19 heavy (non-hydrogen) atoms. The molecule has 0 aliphatic rings. The maximum absolute atomic E-state index is 12.0. The van der Waals surface area contributed by atoms with Crippen LogP contribution in [0.5, 0.6) is 0 Å². The number of aromatic nitrogens is 2. The summed E-state index contributed by atoms with van der Waals surface area (Å²) in [4.78, 5) is 16.9. The molecule has 0 spiro atoms. The van der Waals surface area contributed by atoms with Crippen molar-refractivity contribution >= 4 is 43.2 Å². The Kier molecular flexibility index (Phi) is 3.93. The van der Waals surface area contributed by atoms with Crippen molar-refractivity contribution in [2.45, 2.75) is 4.90 Å². The van der Waals surface area contributed by atoms with Gasteiger partial charge in [-0.1, -0.05) is 11.6 Å². The van der Waals surface area contributed by atoms with E-state index in [9.17, 15) is 13.2 Å². The second-order valence-corrected chi connectivity index (χ2v) is 6.39. The first kappa shape index (κ1) is 14.0. The summed E-state index contributed by atoms with van der Waals surface area (Å²) < 4.78 is 26.8. The minimum Gasteiger partial charge on any atom is -0.328 e. The lowest BCUT2D eigenvalue weighted by atomic mass is 10.4. The molecule has 0 amide bonds. The molecule has 2 aromatic rings. The molecule has 0 atom stereocenters. The second kappa shape index (κ2) is 5.32. The van der Waals surface area contributed by atoms with Crippen molar-refractivity contribution in [3.05, 3.63) is 50.6 Å².